The van der Waals surface area contributed by atoms with Crippen LogP contribution in [0.25, 0.3) is 0 Å². The highest BCUT2D eigenvalue weighted by Crippen LogP contribution is 2.19. The second-order valence-electron chi connectivity index (χ2n) is 5.86. The van der Waals surface area contributed by atoms with Crippen molar-refractivity contribution in [2.75, 3.05) is 20.2 Å². The van der Waals surface area contributed by atoms with Crippen LogP contribution in [0.1, 0.15) is 36.5 Å². The van der Waals surface area contributed by atoms with Crippen LogP contribution in [-0.4, -0.2) is 30.3 Å². The number of nitrogens with one attached hydrogen (secondary N) is 1. The average Bonchev–Trinajstić information content (AvgIpc) is 3.02. The summed E-state index contributed by atoms with van der Waals surface area (Å²) in [5, 5.41) is 7.48. The van der Waals surface area contributed by atoms with Crippen molar-refractivity contribution < 1.29 is 9.26 Å². The number of hydrogen-bond donors (Lipinski definition) is 1. The van der Waals surface area contributed by atoms with Gasteiger partial charge in [0.15, 0.2) is 5.82 Å². The fraction of sp³-hybridized carbons (Fsp3) is 0.529. The molecule has 1 saturated heterocycles. The highest BCUT2D eigenvalue weighted by Gasteiger charge is 2.15. The van der Waals surface area contributed by atoms with Gasteiger partial charge in [-0.3, -0.25) is 0 Å². The van der Waals surface area contributed by atoms with Crippen molar-refractivity contribution >= 4 is 0 Å². The van der Waals surface area contributed by atoms with E-state index >= 15 is 0 Å². The van der Waals surface area contributed by atoms with Crippen LogP contribution in [0.3, 0.4) is 0 Å². The lowest BCUT2D eigenvalue weighted by Crippen LogP contribution is -2.27. The predicted octanol–water partition coefficient (Wildman–Crippen LogP) is 2.60. The van der Waals surface area contributed by atoms with Crippen molar-refractivity contribution in [1.29, 1.82) is 0 Å². The maximum Gasteiger partial charge on any atom is 0.226 e. The van der Waals surface area contributed by atoms with Crippen LogP contribution in [0.5, 0.6) is 5.75 Å². The number of nitrogens with zero attached hydrogens (tertiary/aromatic N) is 2. The van der Waals surface area contributed by atoms with Gasteiger partial charge in [0.1, 0.15) is 5.75 Å². The van der Waals surface area contributed by atoms with E-state index in [9.17, 15) is 0 Å². The van der Waals surface area contributed by atoms with E-state index in [0.29, 0.717) is 6.42 Å². The average molecular weight is 301 g/mol. The fourth-order valence-corrected chi connectivity index (χ4v) is 2.89. The maximum absolute atomic E-state index is 5.37. The third-order valence-electron chi connectivity index (χ3n) is 4.26. The molecule has 0 bridgehead atoms. The number of benzene rings is 1. The van der Waals surface area contributed by atoms with Gasteiger partial charge in [0.2, 0.25) is 5.89 Å². The Morgan fingerprint density at radius 3 is 2.73 bits per heavy atom. The maximum atomic E-state index is 5.37. The molecule has 1 aromatic heterocycles. The summed E-state index contributed by atoms with van der Waals surface area (Å²) >= 11 is 0. The Hall–Kier alpha value is -1.88. The Morgan fingerprint density at radius 1 is 1.23 bits per heavy atom. The summed E-state index contributed by atoms with van der Waals surface area (Å²) in [6.45, 7) is 2.27. The number of hydrogen-bond acceptors (Lipinski definition) is 5. The fourth-order valence-electron chi connectivity index (χ4n) is 2.89. The second kappa shape index (κ2) is 7.40. The quantitative estimate of drug-likeness (QED) is 0.888. The van der Waals surface area contributed by atoms with E-state index < -0.39 is 0 Å². The molecular weight excluding hydrogens is 278 g/mol. The van der Waals surface area contributed by atoms with E-state index in [0.717, 1.165) is 54.9 Å². The number of piperidine rings is 1. The third-order valence-corrected chi connectivity index (χ3v) is 4.26. The summed E-state index contributed by atoms with van der Waals surface area (Å²) in [6, 6.07) is 7.97. The van der Waals surface area contributed by atoms with Crippen LogP contribution in [0, 0.1) is 5.92 Å². The first-order valence-electron chi connectivity index (χ1n) is 7.98. The molecule has 3 rings (SSSR count). The zero-order valence-corrected chi connectivity index (χ0v) is 13.0. The van der Waals surface area contributed by atoms with Gasteiger partial charge in [-0.15, -0.1) is 0 Å². The van der Waals surface area contributed by atoms with Crippen molar-refractivity contribution in [3.8, 4) is 5.75 Å². The Bertz CT molecular complexity index is 574. The number of aryl methyl sites for hydroxylation is 1. The minimum atomic E-state index is 0.695. The van der Waals surface area contributed by atoms with Crippen molar-refractivity contribution in [2.24, 2.45) is 5.92 Å². The topological polar surface area (TPSA) is 60.2 Å². The van der Waals surface area contributed by atoms with Crippen LogP contribution in [0.15, 0.2) is 28.8 Å². The molecule has 118 valence electrons. The van der Waals surface area contributed by atoms with Gasteiger partial charge >= 0.3 is 0 Å². The standard InChI is InChI=1S/C17H23N3O2/c1-21-15-5-2-14(3-6-15)12-16-19-17(22-20-16)7-4-13-8-10-18-11-9-13/h2-3,5-6,13,18H,4,7-12H2,1H3. The van der Waals surface area contributed by atoms with E-state index in [2.05, 4.69) is 15.5 Å². The van der Waals surface area contributed by atoms with E-state index in [1.54, 1.807) is 7.11 Å². The Morgan fingerprint density at radius 2 is 2.00 bits per heavy atom. The van der Waals surface area contributed by atoms with Gasteiger partial charge in [-0.1, -0.05) is 17.3 Å². The van der Waals surface area contributed by atoms with Gasteiger partial charge in [-0.05, 0) is 56.0 Å². The lowest BCUT2D eigenvalue weighted by molar-refractivity contribution is 0.323. The lowest BCUT2D eigenvalue weighted by Gasteiger charge is -2.21. The highest BCUT2D eigenvalue weighted by molar-refractivity contribution is 5.28. The molecule has 1 aliphatic heterocycles. The normalized spacial score (nSPS) is 15.9. The van der Waals surface area contributed by atoms with Crippen molar-refractivity contribution in [3.63, 3.8) is 0 Å². The molecule has 1 aliphatic rings. The van der Waals surface area contributed by atoms with Crippen LogP contribution < -0.4 is 10.1 Å². The molecule has 5 heteroatoms. The smallest absolute Gasteiger partial charge is 0.226 e. The zero-order valence-electron chi connectivity index (χ0n) is 13.0. The molecule has 0 spiro atoms. The number of aromatic nitrogens is 2. The predicted molar refractivity (Wildman–Crippen MR) is 84.0 cm³/mol. The minimum absolute atomic E-state index is 0.695. The molecule has 1 fully saturated rings. The van der Waals surface area contributed by atoms with Gasteiger partial charge in [0, 0.05) is 12.8 Å². The molecule has 1 aromatic carbocycles. The van der Waals surface area contributed by atoms with Gasteiger partial charge in [-0.25, -0.2) is 0 Å². The van der Waals surface area contributed by atoms with Gasteiger partial charge < -0.3 is 14.6 Å². The molecule has 0 saturated carbocycles. The number of rotatable bonds is 6. The summed E-state index contributed by atoms with van der Waals surface area (Å²) in [4.78, 5) is 4.51. The molecule has 1 N–H and O–H groups in total. The Balaban J connectivity index is 1.51. The van der Waals surface area contributed by atoms with Crippen LogP contribution in [0.2, 0.25) is 0 Å². The van der Waals surface area contributed by atoms with Crippen LogP contribution in [-0.2, 0) is 12.8 Å². The van der Waals surface area contributed by atoms with Crippen molar-refractivity contribution in [3.05, 3.63) is 41.5 Å². The summed E-state index contributed by atoms with van der Waals surface area (Å²) in [7, 11) is 1.67. The van der Waals surface area contributed by atoms with Crippen LogP contribution >= 0.6 is 0 Å². The SMILES string of the molecule is COc1ccc(Cc2noc(CCC3CCNCC3)n2)cc1. The van der Waals surface area contributed by atoms with Crippen molar-refractivity contribution in [2.45, 2.75) is 32.1 Å². The molecule has 5 nitrogen and oxygen atoms in total. The largest absolute Gasteiger partial charge is 0.497 e. The van der Waals surface area contributed by atoms with E-state index in [1.165, 1.54) is 12.8 Å². The van der Waals surface area contributed by atoms with Gasteiger partial charge in [0.25, 0.3) is 0 Å². The van der Waals surface area contributed by atoms with E-state index in [1.807, 2.05) is 24.3 Å². The second-order valence-corrected chi connectivity index (χ2v) is 5.86. The molecule has 0 amide bonds. The summed E-state index contributed by atoms with van der Waals surface area (Å²) < 4.78 is 10.5. The van der Waals surface area contributed by atoms with Gasteiger partial charge in [0.05, 0.1) is 7.11 Å². The summed E-state index contributed by atoms with van der Waals surface area (Å²) in [5.41, 5.74) is 1.16. The first kappa shape index (κ1) is 15.0. The molecule has 0 aliphatic carbocycles. The molecule has 0 radical (unpaired) electrons. The van der Waals surface area contributed by atoms with E-state index in [4.69, 9.17) is 9.26 Å². The Kier molecular flexibility index (Phi) is 5.06. The molecule has 0 atom stereocenters. The number of methoxy groups -OCH3 is 1. The summed E-state index contributed by atoms with van der Waals surface area (Å²) in [6.07, 6.45) is 5.24. The minimum Gasteiger partial charge on any atom is -0.497 e. The third kappa shape index (κ3) is 4.07. The van der Waals surface area contributed by atoms with Crippen molar-refractivity contribution in [1.82, 2.24) is 15.5 Å². The monoisotopic (exact) mass is 301 g/mol. The Labute approximate surface area is 131 Å². The van der Waals surface area contributed by atoms with Gasteiger partial charge in [-0.2, -0.15) is 4.98 Å². The molecule has 2 aromatic rings. The first-order chi connectivity index (χ1) is 10.8. The lowest BCUT2D eigenvalue weighted by atomic mass is 9.93. The first-order valence-corrected chi connectivity index (χ1v) is 7.98. The molecule has 22 heavy (non-hydrogen) atoms. The highest BCUT2D eigenvalue weighted by atomic mass is 16.5. The molecule has 2 heterocycles. The zero-order chi connectivity index (χ0) is 15.2. The molecular formula is C17H23N3O2. The van der Waals surface area contributed by atoms with Crippen LogP contribution in [0.4, 0.5) is 0 Å². The van der Waals surface area contributed by atoms with E-state index in [-0.39, 0.29) is 0 Å². The number of ether oxygens (including phenoxy) is 1. The summed E-state index contributed by atoms with van der Waals surface area (Å²) in [5.74, 6) is 3.17. The molecule has 0 unspecified atom stereocenters.